The van der Waals surface area contributed by atoms with Crippen molar-refractivity contribution in [3.05, 3.63) is 41.5 Å². The van der Waals surface area contributed by atoms with Gasteiger partial charge in [-0.1, -0.05) is 12.5 Å². The van der Waals surface area contributed by atoms with Crippen LogP contribution in [-0.2, 0) is 17.5 Å². The Hall–Kier alpha value is -1.93. The van der Waals surface area contributed by atoms with Crippen molar-refractivity contribution in [1.82, 2.24) is 19.7 Å². The first kappa shape index (κ1) is 17.9. The van der Waals surface area contributed by atoms with Gasteiger partial charge in [0.1, 0.15) is 12.4 Å². The SMILES string of the molecule is COCc1nc(C2CCCCN2C)n(-c2cccc(C(F)(F)F)c2)n1. The molecule has 1 unspecified atom stereocenters. The Kier molecular flexibility index (Phi) is 5.10. The standard InChI is InChI=1S/C17H21F3N4O/c1-23-9-4-3-8-14(23)16-21-15(11-25-2)22-24(16)13-7-5-6-12(10-13)17(18,19)20/h5-7,10,14H,3-4,8-9,11H2,1-2H3. The molecule has 1 aromatic carbocycles. The second-order valence-electron chi connectivity index (χ2n) is 6.27. The van der Waals surface area contributed by atoms with E-state index in [4.69, 9.17) is 4.74 Å². The summed E-state index contributed by atoms with van der Waals surface area (Å²) in [7, 11) is 3.54. The molecule has 25 heavy (non-hydrogen) atoms. The lowest BCUT2D eigenvalue weighted by Crippen LogP contribution is -2.31. The average molecular weight is 354 g/mol. The first-order valence-electron chi connectivity index (χ1n) is 8.23. The molecule has 1 aliphatic rings. The lowest BCUT2D eigenvalue weighted by atomic mass is 10.0. The Bertz CT molecular complexity index is 729. The van der Waals surface area contributed by atoms with Gasteiger partial charge in [-0.3, -0.25) is 4.90 Å². The third-order valence-electron chi connectivity index (χ3n) is 4.44. The van der Waals surface area contributed by atoms with Gasteiger partial charge < -0.3 is 4.74 Å². The molecule has 0 amide bonds. The molecular formula is C17H21F3N4O. The quantitative estimate of drug-likeness (QED) is 0.842. The molecule has 1 aromatic heterocycles. The van der Waals surface area contributed by atoms with Crippen LogP contribution in [-0.4, -0.2) is 40.4 Å². The van der Waals surface area contributed by atoms with Crippen molar-refractivity contribution in [1.29, 1.82) is 0 Å². The molecule has 5 nitrogen and oxygen atoms in total. The highest BCUT2D eigenvalue weighted by molar-refractivity contribution is 5.37. The van der Waals surface area contributed by atoms with Crippen molar-refractivity contribution in [3.8, 4) is 5.69 Å². The Labute approximate surface area is 144 Å². The fourth-order valence-electron chi connectivity index (χ4n) is 3.18. The summed E-state index contributed by atoms with van der Waals surface area (Å²) in [6.07, 6.45) is -1.33. The lowest BCUT2D eigenvalue weighted by Gasteiger charge is -2.31. The number of methoxy groups -OCH3 is 1. The number of aromatic nitrogens is 3. The van der Waals surface area contributed by atoms with Gasteiger partial charge in [0, 0.05) is 7.11 Å². The number of benzene rings is 1. The fourth-order valence-corrected chi connectivity index (χ4v) is 3.18. The predicted octanol–water partition coefficient (Wildman–Crippen LogP) is 3.59. The number of halogens is 3. The lowest BCUT2D eigenvalue weighted by molar-refractivity contribution is -0.137. The molecule has 2 aromatic rings. The summed E-state index contributed by atoms with van der Waals surface area (Å²) in [5, 5.41) is 4.39. The molecule has 0 bridgehead atoms. The number of nitrogens with zero attached hydrogens (tertiary/aromatic N) is 4. The van der Waals surface area contributed by atoms with Gasteiger partial charge in [0.05, 0.1) is 17.3 Å². The van der Waals surface area contributed by atoms with Crippen molar-refractivity contribution < 1.29 is 17.9 Å². The molecule has 3 rings (SSSR count). The summed E-state index contributed by atoms with van der Waals surface area (Å²) in [5.41, 5.74) is -0.338. The minimum absolute atomic E-state index is 0.0291. The molecule has 1 fully saturated rings. The largest absolute Gasteiger partial charge is 0.416 e. The number of ether oxygens (including phenoxy) is 1. The summed E-state index contributed by atoms with van der Waals surface area (Å²) >= 11 is 0. The van der Waals surface area contributed by atoms with Gasteiger partial charge in [-0.05, 0) is 44.6 Å². The summed E-state index contributed by atoms with van der Waals surface area (Å²) < 4.78 is 45.8. The van der Waals surface area contributed by atoms with E-state index in [0.717, 1.165) is 37.9 Å². The zero-order chi connectivity index (χ0) is 18.0. The van der Waals surface area contributed by atoms with Crippen molar-refractivity contribution in [3.63, 3.8) is 0 Å². The third kappa shape index (κ3) is 3.85. The maximum absolute atomic E-state index is 13.1. The van der Waals surface area contributed by atoms with E-state index in [1.54, 1.807) is 6.07 Å². The Morgan fingerprint density at radius 3 is 2.76 bits per heavy atom. The van der Waals surface area contributed by atoms with Gasteiger partial charge in [-0.25, -0.2) is 9.67 Å². The molecule has 1 atom stereocenters. The Balaban J connectivity index is 2.05. The molecule has 0 radical (unpaired) electrons. The van der Waals surface area contributed by atoms with E-state index < -0.39 is 11.7 Å². The molecule has 136 valence electrons. The third-order valence-corrected chi connectivity index (χ3v) is 4.44. The summed E-state index contributed by atoms with van der Waals surface area (Å²) in [6.45, 7) is 1.15. The predicted molar refractivity (Wildman–Crippen MR) is 86.3 cm³/mol. The van der Waals surface area contributed by atoms with Gasteiger partial charge >= 0.3 is 6.18 Å². The van der Waals surface area contributed by atoms with Gasteiger partial charge in [0.2, 0.25) is 0 Å². The van der Waals surface area contributed by atoms with Crippen LogP contribution in [0.4, 0.5) is 13.2 Å². The van der Waals surface area contributed by atoms with Crippen LogP contribution in [0.15, 0.2) is 24.3 Å². The van der Waals surface area contributed by atoms with Crippen LogP contribution in [0.5, 0.6) is 0 Å². The highest BCUT2D eigenvalue weighted by atomic mass is 19.4. The fraction of sp³-hybridized carbons (Fsp3) is 0.529. The monoisotopic (exact) mass is 354 g/mol. The van der Waals surface area contributed by atoms with Gasteiger partial charge in [0.25, 0.3) is 0 Å². The van der Waals surface area contributed by atoms with E-state index in [9.17, 15) is 13.2 Å². The van der Waals surface area contributed by atoms with Crippen molar-refractivity contribution in [2.45, 2.75) is 38.1 Å². The molecule has 0 saturated carbocycles. The zero-order valence-electron chi connectivity index (χ0n) is 14.3. The number of hydrogen-bond acceptors (Lipinski definition) is 4. The van der Waals surface area contributed by atoms with Crippen molar-refractivity contribution >= 4 is 0 Å². The molecular weight excluding hydrogens is 333 g/mol. The van der Waals surface area contributed by atoms with E-state index in [1.165, 1.54) is 17.9 Å². The summed E-state index contributed by atoms with van der Waals surface area (Å²) in [4.78, 5) is 6.72. The average Bonchev–Trinajstić information content (AvgIpc) is 2.99. The first-order chi connectivity index (χ1) is 11.9. The molecule has 0 N–H and O–H groups in total. The molecule has 2 heterocycles. The van der Waals surface area contributed by atoms with Crippen LogP contribution < -0.4 is 0 Å². The van der Waals surface area contributed by atoms with E-state index in [0.29, 0.717) is 17.3 Å². The number of rotatable bonds is 4. The number of piperidine rings is 1. The maximum atomic E-state index is 13.1. The van der Waals surface area contributed by atoms with Crippen LogP contribution in [0.2, 0.25) is 0 Å². The van der Waals surface area contributed by atoms with E-state index in [1.807, 2.05) is 7.05 Å². The molecule has 1 saturated heterocycles. The maximum Gasteiger partial charge on any atom is 0.416 e. The minimum atomic E-state index is -4.40. The van der Waals surface area contributed by atoms with Crippen molar-refractivity contribution in [2.24, 2.45) is 0 Å². The molecule has 8 heteroatoms. The van der Waals surface area contributed by atoms with E-state index >= 15 is 0 Å². The number of likely N-dealkylation sites (tertiary alicyclic amines) is 1. The van der Waals surface area contributed by atoms with Crippen LogP contribution >= 0.6 is 0 Å². The molecule has 0 spiro atoms. The Morgan fingerprint density at radius 2 is 2.08 bits per heavy atom. The highest BCUT2D eigenvalue weighted by Gasteiger charge is 2.32. The first-order valence-corrected chi connectivity index (χ1v) is 8.23. The van der Waals surface area contributed by atoms with Crippen LogP contribution in [0.1, 0.15) is 42.5 Å². The van der Waals surface area contributed by atoms with E-state index in [-0.39, 0.29) is 12.6 Å². The second kappa shape index (κ2) is 7.13. The molecule has 0 aliphatic carbocycles. The summed E-state index contributed by atoms with van der Waals surface area (Å²) in [6, 6.07) is 5.21. The van der Waals surface area contributed by atoms with E-state index in [2.05, 4.69) is 15.0 Å². The Morgan fingerprint density at radius 1 is 1.28 bits per heavy atom. The minimum Gasteiger partial charge on any atom is -0.377 e. The normalized spacial score (nSPS) is 19.3. The second-order valence-corrected chi connectivity index (χ2v) is 6.27. The van der Waals surface area contributed by atoms with Crippen molar-refractivity contribution in [2.75, 3.05) is 20.7 Å². The van der Waals surface area contributed by atoms with Gasteiger partial charge in [-0.15, -0.1) is 5.10 Å². The summed E-state index contributed by atoms with van der Waals surface area (Å²) in [5.74, 6) is 1.13. The van der Waals surface area contributed by atoms with Gasteiger partial charge in [0.15, 0.2) is 5.82 Å². The van der Waals surface area contributed by atoms with Gasteiger partial charge in [-0.2, -0.15) is 13.2 Å². The van der Waals surface area contributed by atoms with Crippen LogP contribution in [0.3, 0.4) is 0 Å². The molecule has 1 aliphatic heterocycles. The number of alkyl halides is 3. The number of hydrogen-bond donors (Lipinski definition) is 0. The van der Waals surface area contributed by atoms with Crippen LogP contribution in [0.25, 0.3) is 5.69 Å². The zero-order valence-corrected chi connectivity index (χ0v) is 14.3. The topological polar surface area (TPSA) is 43.2 Å². The smallest absolute Gasteiger partial charge is 0.377 e. The highest BCUT2D eigenvalue weighted by Crippen LogP contribution is 2.33. The van der Waals surface area contributed by atoms with Crippen LogP contribution in [0, 0.1) is 0 Å².